The van der Waals surface area contributed by atoms with E-state index < -0.39 is 5.79 Å². The summed E-state index contributed by atoms with van der Waals surface area (Å²) in [4.78, 5) is 2.01. The molecule has 0 amide bonds. The first-order valence-electron chi connectivity index (χ1n) is 6.90. The van der Waals surface area contributed by atoms with Crippen molar-refractivity contribution in [1.82, 2.24) is 9.47 Å². The summed E-state index contributed by atoms with van der Waals surface area (Å²) in [6.45, 7) is 12.2. The van der Waals surface area contributed by atoms with E-state index in [1.165, 1.54) is 11.3 Å². The molecule has 0 N–H and O–H groups in total. The molecule has 19 heavy (non-hydrogen) atoms. The normalized spacial score (nSPS) is 31.9. The van der Waals surface area contributed by atoms with E-state index in [0.717, 1.165) is 11.3 Å². The van der Waals surface area contributed by atoms with Gasteiger partial charge in [-0.2, -0.15) is 0 Å². The molecule has 1 aliphatic rings. The Labute approximate surface area is 129 Å². The topological polar surface area (TPSA) is 8.17 Å². The minimum absolute atomic E-state index is 0.181. The summed E-state index contributed by atoms with van der Waals surface area (Å²) in [7, 11) is 2.04. The maximum absolute atomic E-state index is 15.6. The van der Waals surface area contributed by atoms with Crippen molar-refractivity contribution in [1.29, 1.82) is 0 Å². The first kappa shape index (κ1) is 15.3. The van der Waals surface area contributed by atoms with E-state index in [1.807, 2.05) is 18.9 Å². The highest BCUT2D eigenvalue weighted by Gasteiger charge is 2.50. The van der Waals surface area contributed by atoms with Gasteiger partial charge in [0, 0.05) is 36.0 Å². The highest BCUT2D eigenvalue weighted by molar-refractivity contribution is 14.1. The van der Waals surface area contributed by atoms with Crippen molar-refractivity contribution >= 4 is 22.6 Å². The van der Waals surface area contributed by atoms with Crippen LogP contribution in [-0.4, -0.2) is 19.6 Å². The summed E-state index contributed by atoms with van der Waals surface area (Å²) in [5.41, 5.74) is 4.36. The lowest BCUT2D eigenvalue weighted by Gasteiger charge is -2.48. The quantitative estimate of drug-likeness (QED) is 0.400. The van der Waals surface area contributed by atoms with Gasteiger partial charge in [-0.1, -0.05) is 29.5 Å². The molecular formula is C15H24FIN2. The lowest BCUT2D eigenvalue weighted by atomic mass is 9.85. The van der Waals surface area contributed by atoms with Gasteiger partial charge in [0.05, 0.1) is 4.05 Å². The number of rotatable bonds is 1. The van der Waals surface area contributed by atoms with Crippen molar-refractivity contribution in [2.75, 3.05) is 0 Å². The van der Waals surface area contributed by atoms with Crippen LogP contribution in [0.15, 0.2) is 0 Å². The second kappa shape index (κ2) is 4.72. The fourth-order valence-corrected chi connectivity index (χ4v) is 5.14. The van der Waals surface area contributed by atoms with Gasteiger partial charge in [0.2, 0.25) is 0 Å². The summed E-state index contributed by atoms with van der Waals surface area (Å²) >= 11 is 2.40. The Balaban J connectivity index is 2.75. The van der Waals surface area contributed by atoms with Gasteiger partial charge in [0.25, 0.3) is 0 Å². The van der Waals surface area contributed by atoms with Crippen molar-refractivity contribution in [3.05, 3.63) is 22.5 Å². The van der Waals surface area contributed by atoms with Crippen LogP contribution in [0.4, 0.5) is 4.39 Å². The SMILES string of the molecule is Cc1c2c(c(C)n1C)C(C)(F)N(C(C)C)C(I)C2C. The highest BCUT2D eigenvalue weighted by atomic mass is 127. The van der Waals surface area contributed by atoms with Crippen molar-refractivity contribution in [2.45, 2.75) is 63.3 Å². The summed E-state index contributed by atoms with van der Waals surface area (Å²) < 4.78 is 17.9. The van der Waals surface area contributed by atoms with E-state index in [1.54, 1.807) is 6.92 Å². The minimum atomic E-state index is -1.39. The first-order chi connectivity index (χ1) is 8.62. The Hall–Kier alpha value is -0.100. The van der Waals surface area contributed by atoms with Gasteiger partial charge in [-0.05, 0) is 40.2 Å². The average Bonchev–Trinajstić information content (AvgIpc) is 2.51. The molecule has 4 heteroatoms. The maximum Gasteiger partial charge on any atom is 0.190 e. The van der Waals surface area contributed by atoms with Crippen LogP contribution >= 0.6 is 22.6 Å². The van der Waals surface area contributed by atoms with Crippen LogP contribution in [0.1, 0.15) is 56.1 Å². The van der Waals surface area contributed by atoms with Crippen molar-refractivity contribution in [2.24, 2.45) is 7.05 Å². The largest absolute Gasteiger partial charge is 0.351 e. The van der Waals surface area contributed by atoms with Gasteiger partial charge in [-0.3, -0.25) is 4.90 Å². The Kier molecular flexibility index (Phi) is 3.80. The molecule has 1 aromatic rings. The third-order valence-electron chi connectivity index (χ3n) is 4.66. The van der Waals surface area contributed by atoms with Crippen molar-refractivity contribution < 1.29 is 4.39 Å². The zero-order valence-electron chi connectivity index (χ0n) is 12.9. The molecule has 3 unspecified atom stereocenters. The first-order valence-corrected chi connectivity index (χ1v) is 8.14. The van der Waals surface area contributed by atoms with Gasteiger partial charge < -0.3 is 4.57 Å². The van der Waals surface area contributed by atoms with Crippen LogP contribution in [-0.2, 0) is 12.8 Å². The van der Waals surface area contributed by atoms with Crippen LogP contribution < -0.4 is 0 Å². The number of halogens is 2. The van der Waals surface area contributed by atoms with Crippen LogP contribution in [0.25, 0.3) is 0 Å². The highest BCUT2D eigenvalue weighted by Crippen LogP contribution is 2.50. The summed E-state index contributed by atoms with van der Waals surface area (Å²) in [6.07, 6.45) is 0. The standard InChI is InChI=1S/C15H24FIN2/c1-8(2)19-14(17)9(3)12-10(4)18(7)11(5)13(12)15(19,6)16/h8-9,14H,1-7H3. The molecule has 0 aromatic carbocycles. The molecule has 0 spiro atoms. The van der Waals surface area contributed by atoms with E-state index in [-0.39, 0.29) is 10.1 Å². The number of aromatic nitrogens is 1. The van der Waals surface area contributed by atoms with E-state index >= 15 is 4.39 Å². The molecular weight excluding hydrogens is 354 g/mol. The lowest BCUT2D eigenvalue weighted by molar-refractivity contribution is -0.0649. The number of fused-ring (bicyclic) bond motifs is 1. The minimum Gasteiger partial charge on any atom is -0.351 e. The van der Waals surface area contributed by atoms with E-state index in [9.17, 15) is 0 Å². The van der Waals surface area contributed by atoms with Gasteiger partial charge in [-0.25, -0.2) is 4.39 Å². The predicted octanol–water partition coefficient (Wildman–Crippen LogP) is 4.37. The molecule has 0 radical (unpaired) electrons. The summed E-state index contributed by atoms with van der Waals surface area (Å²) in [6, 6.07) is 0.187. The second-order valence-corrected chi connectivity index (χ2v) is 7.41. The molecule has 1 aliphatic heterocycles. The maximum atomic E-state index is 15.6. The number of hydrogen-bond acceptors (Lipinski definition) is 1. The summed E-state index contributed by atoms with van der Waals surface area (Å²) in [5, 5.41) is 0. The molecule has 0 fully saturated rings. The van der Waals surface area contributed by atoms with Gasteiger partial charge in [0.1, 0.15) is 0 Å². The Bertz CT molecular complexity index is 505. The fraction of sp³-hybridized carbons (Fsp3) is 0.733. The zero-order chi connectivity index (χ0) is 14.7. The second-order valence-electron chi connectivity index (χ2n) is 6.13. The van der Waals surface area contributed by atoms with Gasteiger partial charge >= 0.3 is 0 Å². The number of hydrogen-bond donors (Lipinski definition) is 0. The van der Waals surface area contributed by atoms with E-state index in [2.05, 4.69) is 54.9 Å². The van der Waals surface area contributed by atoms with Gasteiger partial charge in [0.15, 0.2) is 5.79 Å². The molecule has 0 saturated heterocycles. The Morgan fingerprint density at radius 2 is 1.79 bits per heavy atom. The van der Waals surface area contributed by atoms with Crippen LogP contribution in [0.3, 0.4) is 0 Å². The molecule has 0 aliphatic carbocycles. The average molecular weight is 378 g/mol. The third kappa shape index (κ3) is 1.97. The number of alkyl halides is 2. The third-order valence-corrected chi connectivity index (χ3v) is 6.34. The molecule has 2 nitrogen and oxygen atoms in total. The monoisotopic (exact) mass is 378 g/mol. The van der Waals surface area contributed by atoms with Crippen LogP contribution in [0.2, 0.25) is 0 Å². The Morgan fingerprint density at radius 1 is 1.26 bits per heavy atom. The van der Waals surface area contributed by atoms with E-state index in [4.69, 9.17) is 0 Å². The molecule has 2 rings (SSSR count). The number of nitrogens with zero attached hydrogens (tertiary/aromatic N) is 2. The Morgan fingerprint density at radius 3 is 2.26 bits per heavy atom. The molecule has 0 saturated carbocycles. The molecule has 1 aromatic heterocycles. The van der Waals surface area contributed by atoms with Gasteiger partial charge in [-0.15, -0.1) is 0 Å². The summed E-state index contributed by atoms with van der Waals surface area (Å²) in [5.74, 6) is -1.04. The van der Waals surface area contributed by atoms with Crippen LogP contribution in [0, 0.1) is 13.8 Å². The predicted molar refractivity (Wildman–Crippen MR) is 86.5 cm³/mol. The molecule has 2 heterocycles. The fourth-order valence-electron chi connectivity index (χ4n) is 3.62. The van der Waals surface area contributed by atoms with Crippen molar-refractivity contribution in [3.8, 4) is 0 Å². The smallest absolute Gasteiger partial charge is 0.190 e. The molecule has 3 atom stereocenters. The van der Waals surface area contributed by atoms with E-state index in [0.29, 0.717) is 5.92 Å². The lowest BCUT2D eigenvalue weighted by Crippen LogP contribution is -2.53. The van der Waals surface area contributed by atoms with Crippen LogP contribution in [0.5, 0.6) is 0 Å². The molecule has 0 bridgehead atoms. The zero-order valence-corrected chi connectivity index (χ0v) is 15.0. The van der Waals surface area contributed by atoms with Crippen molar-refractivity contribution in [3.63, 3.8) is 0 Å². The molecule has 108 valence electrons.